The molecule has 1 aliphatic heterocycles. The molecular weight excluding hydrogens is 292 g/mol. The Kier molecular flexibility index (Phi) is 4.72. The summed E-state index contributed by atoms with van der Waals surface area (Å²) in [7, 11) is -2.36. The van der Waals surface area contributed by atoms with E-state index in [1.165, 1.54) is 7.11 Å². The molecule has 0 spiro atoms. The lowest BCUT2D eigenvalue weighted by Crippen LogP contribution is -2.39. The van der Waals surface area contributed by atoms with Gasteiger partial charge in [-0.25, -0.2) is 0 Å². The van der Waals surface area contributed by atoms with Crippen LogP contribution < -0.4 is 0 Å². The summed E-state index contributed by atoms with van der Waals surface area (Å²) >= 11 is 0. The van der Waals surface area contributed by atoms with E-state index in [9.17, 15) is 8.42 Å². The zero-order chi connectivity index (χ0) is 15.7. The monoisotopic (exact) mass is 314 g/mol. The summed E-state index contributed by atoms with van der Waals surface area (Å²) in [6.07, 6.45) is -0.588. The molecular formula is C15H22O5S. The fourth-order valence-electron chi connectivity index (χ4n) is 2.32. The number of aryl methyl sites for hydroxylation is 1. The van der Waals surface area contributed by atoms with Gasteiger partial charge in [-0.3, -0.25) is 4.18 Å². The van der Waals surface area contributed by atoms with Gasteiger partial charge in [-0.05, 0) is 25.5 Å². The van der Waals surface area contributed by atoms with Crippen molar-refractivity contribution in [2.24, 2.45) is 5.41 Å². The highest BCUT2D eigenvalue weighted by molar-refractivity contribution is 7.86. The number of rotatable bonds is 5. The number of hydrogen-bond donors (Lipinski definition) is 0. The Balaban J connectivity index is 2.27. The number of hydrogen-bond acceptors (Lipinski definition) is 5. The lowest BCUT2D eigenvalue weighted by molar-refractivity contribution is -0.127. The van der Waals surface area contributed by atoms with Crippen LogP contribution in [0.2, 0.25) is 0 Å². The minimum atomic E-state index is -3.84. The molecule has 6 heteroatoms. The Morgan fingerprint density at radius 3 is 2.48 bits per heavy atom. The third-order valence-electron chi connectivity index (χ3n) is 4.09. The Bertz CT molecular complexity index is 581. The third-order valence-corrected chi connectivity index (χ3v) is 5.40. The maximum Gasteiger partial charge on any atom is 0.297 e. The molecule has 0 bridgehead atoms. The van der Waals surface area contributed by atoms with Crippen molar-refractivity contribution in [2.45, 2.75) is 44.5 Å². The van der Waals surface area contributed by atoms with E-state index in [1.807, 2.05) is 20.8 Å². The molecule has 5 nitrogen and oxygen atoms in total. The molecule has 1 aromatic rings. The van der Waals surface area contributed by atoms with Gasteiger partial charge >= 0.3 is 0 Å². The lowest BCUT2D eigenvalue weighted by Gasteiger charge is -2.29. The average Bonchev–Trinajstić information content (AvgIpc) is 2.76. The Hall–Kier alpha value is -0.950. The molecule has 0 N–H and O–H groups in total. The van der Waals surface area contributed by atoms with Gasteiger partial charge in [0.05, 0.1) is 11.5 Å². The summed E-state index contributed by atoms with van der Waals surface area (Å²) in [4.78, 5) is 0.147. The molecule has 1 saturated heterocycles. The predicted molar refractivity (Wildman–Crippen MR) is 78.4 cm³/mol. The van der Waals surface area contributed by atoms with E-state index in [-0.39, 0.29) is 4.90 Å². The standard InChI is InChI=1S/C15H22O5S/c1-5-15(3)10-19-14(18-4)13(15)20-21(16,17)12-8-6-11(2)7-9-12/h6-9,13-14H,5,10H2,1-4H3/t13-,14+,15+/m0/s1. The number of methoxy groups -OCH3 is 1. The lowest BCUT2D eigenvalue weighted by atomic mass is 9.84. The summed E-state index contributed by atoms with van der Waals surface area (Å²) in [5.41, 5.74) is 0.602. The zero-order valence-corrected chi connectivity index (χ0v) is 13.6. The Morgan fingerprint density at radius 2 is 1.95 bits per heavy atom. The molecule has 1 heterocycles. The zero-order valence-electron chi connectivity index (χ0n) is 12.8. The van der Waals surface area contributed by atoms with Gasteiger partial charge in [-0.2, -0.15) is 8.42 Å². The van der Waals surface area contributed by atoms with E-state index in [0.29, 0.717) is 6.61 Å². The van der Waals surface area contributed by atoms with Crippen molar-refractivity contribution >= 4 is 10.1 Å². The minimum Gasteiger partial charge on any atom is -0.353 e. The van der Waals surface area contributed by atoms with Crippen LogP contribution in [0.3, 0.4) is 0 Å². The highest BCUT2D eigenvalue weighted by Gasteiger charge is 2.49. The Labute approximate surface area is 126 Å². The molecule has 0 saturated carbocycles. The first-order valence-electron chi connectivity index (χ1n) is 6.97. The maximum absolute atomic E-state index is 12.4. The van der Waals surface area contributed by atoms with Crippen LogP contribution >= 0.6 is 0 Å². The first-order valence-corrected chi connectivity index (χ1v) is 8.37. The van der Waals surface area contributed by atoms with Gasteiger partial charge in [0.2, 0.25) is 0 Å². The van der Waals surface area contributed by atoms with Crippen LogP contribution in [0.15, 0.2) is 29.2 Å². The molecule has 0 unspecified atom stereocenters. The van der Waals surface area contributed by atoms with E-state index in [4.69, 9.17) is 13.7 Å². The fourth-order valence-corrected chi connectivity index (χ4v) is 3.50. The largest absolute Gasteiger partial charge is 0.353 e. The second-order valence-corrected chi connectivity index (χ2v) is 7.28. The summed E-state index contributed by atoms with van der Waals surface area (Å²) < 4.78 is 41.0. The summed E-state index contributed by atoms with van der Waals surface area (Å²) in [6.45, 7) is 6.24. The van der Waals surface area contributed by atoms with Gasteiger partial charge in [-0.1, -0.05) is 31.5 Å². The molecule has 21 heavy (non-hydrogen) atoms. The smallest absolute Gasteiger partial charge is 0.297 e. The van der Waals surface area contributed by atoms with Crippen molar-refractivity contribution in [1.82, 2.24) is 0 Å². The predicted octanol–water partition coefficient (Wildman–Crippen LogP) is 2.49. The molecule has 0 amide bonds. The molecule has 1 fully saturated rings. The molecule has 1 aliphatic rings. The highest BCUT2D eigenvalue weighted by Crippen LogP contribution is 2.39. The molecule has 3 atom stereocenters. The van der Waals surface area contributed by atoms with Crippen LogP contribution in [0.25, 0.3) is 0 Å². The number of benzene rings is 1. The second-order valence-electron chi connectivity index (χ2n) is 5.71. The highest BCUT2D eigenvalue weighted by atomic mass is 32.2. The first kappa shape index (κ1) is 16.4. The molecule has 2 rings (SSSR count). The van der Waals surface area contributed by atoms with Crippen molar-refractivity contribution in [2.75, 3.05) is 13.7 Å². The first-order chi connectivity index (χ1) is 9.82. The van der Waals surface area contributed by atoms with Crippen molar-refractivity contribution in [3.05, 3.63) is 29.8 Å². The van der Waals surface area contributed by atoms with Crippen LogP contribution in [0.5, 0.6) is 0 Å². The van der Waals surface area contributed by atoms with Crippen molar-refractivity contribution in [3.63, 3.8) is 0 Å². The quantitative estimate of drug-likeness (QED) is 0.781. The topological polar surface area (TPSA) is 61.8 Å². The summed E-state index contributed by atoms with van der Waals surface area (Å²) in [5, 5.41) is 0. The minimum absolute atomic E-state index is 0.147. The van der Waals surface area contributed by atoms with E-state index in [2.05, 4.69) is 0 Å². The Morgan fingerprint density at radius 1 is 1.33 bits per heavy atom. The molecule has 118 valence electrons. The van der Waals surface area contributed by atoms with Crippen LogP contribution in [-0.2, 0) is 23.8 Å². The summed E-state index contributed by atoms with van der Waals surface area (Å²) in [5.74, 6) is 0. The number of ether oxygens (including phenoxy) is 2. The van der Waals surface area contributed by atoms with Crippen LogP contribution in [0.1, 0.15) is 25.8 Å². The normalized spacial score (nSPS) is 29.7. The molecule has 0 aromatic heterocycles. The van der Waals surface area contributed by atoms with Gasteiger partial charge in [0.25, 0.3) is 10.1 Å². The third kappa shape index (κ3) is 3.29. The van der Waals surface area contributed by atoms with E-state index in [0.717, 1.165) is 12.0 Å². The van der Waals surface area contributed by atoms with Crippen molar-refractivity contribution in [1.29, 1.82) is 0 Å². The van der Waals surface area contributed by atoms with Crippen LogP contribution in [-0.4, -0.2) is 34.5 Å². The van der Waals surface area contributed by atoms with Crippen LogP contribution in [0.4, 0.5) is 0 Å². The molecule has 0 radical (unpaired) electrons. The van der Waals surface area contributed by atoms with E-state index in [1.54, 1.807) is 24.3 Å². The van der Waals surface area contributed by atoms with Crippen molar-refractivity contribution < 1.29 is 22.1 Å². The SMILES string of the molecule is CC[C@]1(C)CO[C@@H](OC)[C@@H]1OS(=O)(=O)c1ccc(C)cc1. The van der Waals surface area contributed by atoms with Gasteiger partial charge in [0, 0.05) is 12.5 Å². The van der Waals surface area contributed by atoms with Gasteiger partial charge in [0.1, 0.15) is 6.10 Å². The average molecular weight is 314 g/mol. The van der Waals surface area contributed by atoms with Crippen LogP contribution in [0, 0.1) is 12.3 Å². The van der Waals surface area contributed by atoms with Crippen molar-refractivity contribution in [3.8, 4) is 0 Å². The fraction of sp³-hybridized carbons (Fsp3) is 0.600. The van der Waals surface area contributed by atoms with E-state index < -0.39 is 27.9 Å². The molecule has 0 aliphatic carbocycles. The molecule has 1 aromatic carbocycles. The van der Waals surface area contributed by atoms with Gasteiger partial charge in [-0.15, -0.1) is 0 Å². The van der Waals surface area contributed by atoms with E-state index >= 15 is 0 Å². The maximum atomic E-state index is 12.4. The summed E-state index contributed by atoms with van der Waals surface area (Å²) in [6, 6.07) is 6.58. The van der Waals surface area contributed by atoms with Gasteiger partial charge < -0.3 is 9.47 Å². The second kappa shape index (κ2) is 6.04. The van der Waals surface area contributed by atoms with Gasteiger partial charge in [0.15, 0.2) is 6.29 Å².